The zero-order valence-electron chi connectivity index (χ0n) is 20.0. The molecule has 3 unspecified atom stereocenters. The van der Waals surface area contributed by atoms with Crippen molar-refractivity contribution in [1.29, 1.82) is 0 Å². The van der Waals surface area contributed by atoms with Crippen LogP contribution in [0.4, 0.5) is 0 Å². The van der Waals surface area contributed by atoms with Crippen LogP contribution in [0.1, 0.15) is 35.8 Å². The molecule has 0 saturated carbocycles. The van der Waals surface area contributed by atoms with E-state index in [1.54, 1.807) is 6.33 Å². The minimum atomic E-state index is 0.0833. The van der Waals surface area contributed by atoms with E-state index in [9.17, 15) is 4.79 Å². The first-order valence-corrected chi connectivity index (χ1v) is 13.5. The number of imidazole rings is 1. The molecule has 2 aromatic heterocycles. The molecular weight excluding hydrogens is 528 g/mol. The van der Waals surface area contributed by atoms with Gasteiger partial charge in [0.1, 0.15) is 0 Å². The molecule has 5 rings (SSSR count). The number of aryl methyl sites for hydroxylation is 2. The molecule has 0 spiro atoms. The van der Waals surface area contributed by atoms with Gasteiger partial charge in [-0.2, -0.15) is 0 Å². The molecule has 3 heterocycles. The minimum absolute atomic E-state index is 0.0833. The summed E-state index contributed by atoms with van der Waals surface area (Å²) >= 11 is 10.0. The largest absolute Gasteiger partial charge is 0.356 e. The highest BCUT2D eigenvalue weighted by Crippen LogP contribution is 2.44. The maximum absolute atomic E-state index is 12.7. The molecule has 35 heavy (non-hydrogen) atoms. The lowest BCUT2D eigenvalue weighted by atomic mass is 9.80. The van der Waals surface area contributed by atoms with E-state index in [2.05, 4.69) is 54.7 Å². The van der Waals surface area contributed by atoms with E-state index >= 15 is 0 Å². The molecule has 0 radical (unpaired) electrons. The van der Waals surface area contributed by atoms with Crippen molar-refractivity contribution >= 4 is 33.4 Å². The number of piperazine rings is 1. The van der Waals surface area contributed by atoms with Crippen molar-refractivity contribution in [2.45, 2.75) is 37.8 Å². The zero-order chi connectivity index (χ0) is 24.4. The fourth-order valence-corrected chi connectivity index (χ4v) is 6.32. The standard InChI is InChI=1S/C26H32BrClN6O/c1-33-16-29-14-22(33)6-7-31-24(35)12-21-15-34(9-8-30-21)26-23-5-4-20(28)11-17(23)2-3-18-10-19(27)13-32-25(18)26/h4-5,10-11,13-14,16-17,21,23,26,30H,2-3,6-9,12,15H2,1H3,(H,31,35)/t17?,21-,23?,26?/m0/s1. The number of halogens is 2. The van der Waals surface area contributed by atoms with Gasteiger partial charge in [-0.25, -0.2) is 4.98 Å². The predicted molar refractivity (Wildman–Crippen MR) is 141 cm³/mol. The Hall–Kier alpha value is -2.00. The number of fused-ring (bicyclic) bond motifs is 2. The molecule has 7 nitrogen and oxygen atoms in total. The topological polar surface area (TPSA) is 75.1 Å². The van der Waals surface area contributed by atoms with E-state index in [1.807, 2.05) is 30.1 Å². The van der Waals surface area contributed by atoms with Crippen molar-refractivity contribution in [3.8, 4) is 0 Å². The van der Waals surface area contributed by atoms with E-state index in [0.29, 0.717) is 24.8 Å². The first kappa shape index (κ1) is 24.7. The Kier molecular flexibility index (Phi) is 7.72. The highest BCUT2D eigenvalue weighted by molar-refractivity contribution is 9.10. The van der Waals surface area contributed by atoms with Gasteiger partial charge in [-0.1, -0.05) is 23.8 Å². The molecule has 9 heteroatoms. The van der Waals surface area contributed by atoms with Crippen molar-refractivity contribution in [1.82, 2.24) is 30.1 Å². The van der Waals surface area contributed by atoms with Gasteiger partial charge in [0, 0.05) is 85.6 Å². The number of hydrogen-bond donors (Lipinski definition) is 2. The van der Waals surface area contributed by atoms with Crippen LogP contribution in [0.25, 0.3) is 0 Å². The van der Waals surface area contributed by atoms with E-state index in [0.717, 1.165) is 59.8 Å². The molecule has 4 atom stereocenters. The minimum Gasteiger partial charge on any atom is -0.356 e. The number of carbonyl (C=O) groups is 1. The lowest BCUT2D eigenvalue weighted by molar-refractivity contribution is -0.121. The molecule has 2 aromatic rings. The van der Waals surface area contributed by atoms with Crippen molar-refractivity contribution in [2.24, 2.45) is 18.9 Å². The van der Waals surface area contributed by atoms with Crippen molar-refractivity contribution < 1.29 is 4.79 Å². The van der Waals surface area contributed by atoms with Crippen molar-refractivity contribution in [2.75, 3.05) is 26.2 Å². The molecule has 1 aliphatic heterocycles. The quantitative estimate of drug-likeness (QED) is 0.567. The monoisotopic (exact) mass is 558 g/mol. The van der Waals surface area contributed by atoms with Gasteiger partial charge in [-0.3, -0.25) is 14.7 Å². The fourth-order valence-electron chi connectivity index (χ4n) is 5.70. The Morgan fingerprint density at radius 3 is 3.09 bits per heavy atom. The zero-order valence-corrected chi connectivity index (χ0v) is 22.3. The van der Waals surface area contributed by atoms with E-state index in [-0.39, 0.29) is 18.0 Å². The highest BCUT2D eigenvalue weighted by atomic mass is 79.9. The molecular formula is C26H32BrClN6O. The molecule has 1 saturated heterocycles. The maximum atomic E-state index is 12.7. The van der Waals surface area contributed by atoms with Gasteiger partial charge < -0.3 is 15.2 Å². The average Bonchev–Trinajstić information content (AvgIpc) is 3.17. The number of aromatic nitrogens is 3. The van der Waals surface area contributed by atoms with Gasteiger partial charge in [-0.05, 0) is 52.4 Å². The molecule has 1 amide bonds. The normalized spacial score (nSPS) is 26.4. The number of nitrogens with one attached hydrogen (secondary N) is 2. The maximum Gasteiger partial charge on any atom is 0.221 e. The summed E-state index contributed by atoms with van der Waals surface area (Å²) in [6.45, 7) is 3.21. The molecule has 0 bridgehead atoms. The number of carbonyl (C=O) groups excluding carboxylic acids is 1. The Balaban J connectivity index is 1.28. The summed E-state index contributed by atoms with van der Waals surface area (Å²) in [5.74, 6) is 0.785. The molecule has 1 fully saturated rings. The van der Waals surface area contributed by atoms with E-state index in [1.165, 1.54) is 5.56 Å². The summed E-state index contributed by atoms with van der Waals surface area (Å²) in [7, 11) is 1.97. The van der Waals surface area contributed by atoms with Crippen molar-refractivity contribution in [3.05, 3.63) is 69.5 Å². The number of amides is 1. The SMILES string of the molecule is Cn1cncc1CCNC(=O)C[C@H]1CN(C2c3ncc(Br)cc3CCC3C=C(Cl)C=CC32)CCN1. The second-order valence-corrected chi connectivity index (χ2v) is 11.1. The fraction of sp³-hybridized carbons (Fsp3) is 0.500. The third-order valence-electron chi connectivity index (χ3n) is 7.44. The van der Waals surface area contributed by atoms with Gasteiger partial charge in [0.2, 0.25) is 5.91 Å². The first-order valence-electron chi connectivity index (χ1n) is 12.4. The molecule has 0 aromatic carbocycles. The van der Waals surface area contributed by atoms with Crippen LogP contribution in [0, 0.1) is 11.8 Å². The van der Waals surface area contributed by atoms with Gasteiger partial charge in [-0.15, -0.1) is 0 Å². The Bertz CT molecular complexity index is 1130. The van der Waals surface area contributed by atoms with Crippen molar-refractivity contribution in [3.63, 3.8) is 0 Å². The van der Waals surface area contributed by atoms with Crippen LogP contribution in [0.15, 0.2) is 52.5 Å². The number of rotatable bonds is 6. The smallest absolute Gasteiger partial charge is 0.221 e. The van der Waals surface area contributed by atoms with Gasteiger partial charge in [0.05, 0.1) is 18.1 Å². The number of hydrogen-bond acceptors (Lipinski definition) is 5. The Morgan fingerprint density at radius 2 is 2.26 bits per heavy atom. The van der Waals surface area contributed by atoms with Gasteiger partial charge in [0.25, 0.3) is 0 Å². The number of allylic oxidation sites excluding steroid dienone is 3. The number of nitrogens with zero attached hydrogens (tertiary/aromatic N) is 4. The lowest BCUT2D eigenvalue weighted by Gasteiger charge is -2.43. The van der Waals surface area contributed by atoms with Crippen LogP contribution >= 0.6 is 27.5 Å². The number of pyridine rings is 1. The van der Waals surface area contributed by atoms with Crippen LogP contribution < -0.4 is 10.6 Å². The van der Waals surface area contributed by atoms with Crippen LogP contribution in [0.3, 0.4) is 0 Å². The molecule has 2 aliphatic carbocycles. The average molecular weight is 560 g/mol. The van der Waals surface area contributed by atoms with Crippen LogP contribution in [-0.2, 0) is 24.7 Å². The third kappa shape index (κ3) is 5.71. The molecule has 186 valence electrons. The van der Waals surface area contributed by atoms with E-state index in [4.69, 9.17) is 16.6 Å². The van der Waals surface area contributed by atoms with Crippen LogP contribution in [0.5, 0.6) is 0 Å². The van der Waals surface area contributed by atoms with E-state index < -0.39 is 0 Å². The second kappa shape index (κ2) is 10.9. The summed E-state index contributed by atoms with van der Waals surface area (Å²) in [5.41, 5.74) is 3.58. The van der Waals surface area contributed by atoms with Gasteiger partial charge >= 0.3 is 0 Å². The van der Waals surface area contributed by atoms with Gasteiger partial charge in [0.15, 0.2) is 0 Å². The third-order valence-corrected chi connectivity index (χ3v) is 8.12. The van der Waals surface area contributed by atoms with Crippen LogP contribution in [-0.4, -0.2) is 57.6 Å². The summed E-state index contributed by atoms with van der Waals surface area (Å²) < 4.78 is 3.00. The Labute approximate surface area is 220 Å². The first-order chi connectivity index (χ1) is 17.0. The molecule has 2 N–H and O–H groups in total. The molecule has 3 aliphatic rings. The summed E-state index contributed by atoms with van der Waals surface area (Å²) in [6, 6.07) is 2.49. The Morgan fingerprint density at radius 1 is 1.37 bits per heavy atom. The summed E-state index contributed by atoms with van der Waals surface area (Å²) in [4.78, 5) is 24.3. The summed E-state index contributed by atoms with van der Waals surface area (Å²) in [5, 5.41) is 7.47. The second-order valence-electron chi connectivity index (χ2n) is 9.78. The predicted octanol–water partition coefficient (Wildman–Crippen LogP) is 3.51. The summed E-state index contributed by atoms with van der Waals surface area (Å²) in [6.07, 6.45) is 15.4. The lowest BCUT2D eigenvalue weighted by Crippen LogP contribution is -2.54. The van der Waals surface area contributed by atoms with Crippen LogP contribution in [0.2, 0.25) is 0 Å². The highest BCUT2D eigenvalue weighted by Gasteiger charge is 2.39.